The third kappa shape index (κ3) is 3.13. The Kier molecular flexibility index (Phi) is 4.01. The highest BCUT2D eigenvalue weighted by atomic mass is 16.5. The predicted molar refractivity (Wildman–Crippen MR) is 83.8 cm³/mol. The molecule has 0 bridgehead atoms. The lowest BCUT2D eigenvalue weighted by atomic mass is 10.2. The largest absolute Gasteiger partial charge is 0.497 e. The average molecular weight is 284 g/mol. The van der Waals surface area contributed by atoms with Crippen LogP contribution in [0, 0.1) is 6.92 Å². The highest BCUT2D eigenvalue weighted by Crippen LogP contribution is 2.23. The van der Waals surface area contributed by atoms with Crippen LogP contribution in [0.5, 0.6) is 5.75 Å². The van der Waals surface area contributed by atoms with Crippen LogP contribution in [0.1, 0.15) is 5.69 Å². The number of hydrogen-bond acceptors (Lipinski definition) is 5. The lowest BCUT2D eigenvalue weighted by Crippen LogP contribution is -2.44. The molecule has 2 aromatic rings. The van der Waals surface area contributed by atoms with Gasteiger partial charge in [-0.2, -0.15) is 0 Å². The van der Waals surface area contributed by atoms with Crippen LogP contribution >= 0.6 is 0 Å². The zero-order valence-electron chi connectivity index (χ0n) is 12.5. The number of anilines is 1. The number of benzene rings is 1. The van der Waals surface area contributed by atoms with Gasteiger partial charge in [-0.3, -0.25) is 0 Å². The molecule has 1 fully saturated rings. The average Bonchev–Trinajstić information content (AvgIpc) is 2.55. The Morgan fingerprint density at radius 2 is 1.95 bits per heavy atom. The standard InChI is InChI=1S/C16H20N4O/c1-12-10-15(20-8-6-17-7-9-20)19-16(18-12)13-4-3-5-14(11-13)21-2/h3-5,10-11,17H,6-9H2,1-2H3. The van der Waals surface area contributed by atoms with E-state index in [2.05, 4.69) is 21.3 Å². The van der Waals surface area contributed by atoms with E-state index in [1.165, 1.54) is 0 Å². The number of hydrogen-bond donors (Lipinski definition) is 1. The first-order valence-corrected chi connectivity index (χ1v) is 7.22. The van der Waals surface area contributed by atoms with Crippen LogP contribution in [0.2, 0.25) is 0 Å². The van der Waals surface area contributed by atoms with Crippen LogP contribution in [0.3, 0.4) is 0 Å². The van der Waals surface area contributed by atoms with Gasteiger partial charge in [0.05, 0.1) is 7.11 Å². The van der Waals surface area contributed by atoms with Crippen molar-refractivity contribution in [2.24, 2.45) is 0 Å². The Labute approximate surface area is 125 Å². The van der Waals surface area contributed by atoms with Gasteiger partial charge >= 0.3 is 0 Å². The molecule has 0 amide bonds. The van der Waals surface area contributed by atoms with Crippen LogP contribution in [-0.2, 0) is 0 Å². The molecule has 0 aliphatic carbocycles. The zero-order valence-corrected chi connectivity index (χ0v) is 12.5. The SMILES string of the molecule is COc1cccc(-c2nc(C)cc(N3CCNCC3)n2)c1. The monoisotopic (exact) mass is 284 g/mol. The minimum absolute atomic E-state index is 0.752. The molecule has 0 saturated carbocycles. The van der Waals surface area contributed by atoms with Crippen molar-refractivity contribution >= 4 is 5.82 Å². The third-order valence-corrected chi connectivity index (χ3v) is 3.61. The van der Waals surface area contributed by atoms with Gasteiger partial charge in [0.1, 0.15) is 11.6 Å². The quantitative estimate of drug-likeness (QED) is 0.932. The predicted octanol–water partition coefficient (Wildman–Crippen LogP) is 1.87. The molecule has 1 aliphatic rings. The van der Waals surface area contributed by atoms with Crippen LogP contribution in [0.4, 0.5) is 5.82 Å². The molecule has 5 heteroatoms. The Hall–Kier alpha value is -2.14. The molecule has 110 valence electrons. The summed E-state index contributed by atoms with van der Waals surface area (Å²) in [7, 11) is 1.67. The zero-order chi connectivity index (χ0) is 14.7. The van der Waals surface area contributed by atoms with Crippen LogP contribution in [0.15, 0.2) is 30.3 Å². The summed E-state index contributed by atoms with van der Waals surface area (Å²) in [6.07, 6.45) is 0. The molecule has 1 aromatic heterocycles. The molecule has 1 aliphatic heterocycles. The van der Waals surface area contributed by atoms with E-state index in [0.29, 0.717) is 0 Å². The maximum atomic E-state index is 5.28. The molecule has 0 atom stereocenters. The van der Waals surface area contributed by atoms with Gasteiger partial charge in [0.25, 0.3) is 0 Å². The molecule has 2 heterocycles. The topological polar surface area (TPSA) is 50.3 Å². The molecule has 1 aromatic carbocycles. The van der Waals surface area contributed by atoms with E-state index < -0.39 is 0 Å². The number of nitrogens with one attached hydrogen (secondary N) is 1. The maximum Gasteiger partial charge on any atom is 0.161 e. The molecule has 21 heavy (non-hydrogen) atoms. The molecule has 3 rings (SSSR count). The van der Waals surface area contributed by atoms with Crippen LogP contribution < -0.4 is 15.0 Å². The lowest BCUT2D eigenvalue weighted by molar-refractivity contribution is 0.415. The molecule has 1 saturated heterocycles. The number of rotatable bonds is 3. The second-order valence-electron chi connectivity index (χ2n) is 5.16. The van der Waals surface area contributed by atoms with Crippen molar-refractivity contribution < 1.29 is 4.74 Å². The van der Waals surface area contributed by atoms with E-state index in [9.17, 15) is 0 Å². The van der Waals surface area contributed by atoms with Gasteiger partial charge in [0.15, 0.2) is 5.82 Å². The number of aromatic nitrogens is 2. The summed E-state index contributed by atoms with van der Waals surface area (Å²) >= 11 is 0. The number of nitrogens with zero attached hydrogens (tertiary/aromatic N) is 3. The molecule has 5 nitrogen and oxygen atoms in total. The molecular weight excluding hydrogens is 264 g/mol. The Morgan fingerprint density at radius 3 is 2.71 bits per heavy atom. The van der Waals surface area contributed by atoms with Crippen LogP contribution in [-0.4, -0.2) is 43.3 Å². The van der Waals surface area contributed by atoms with E-state index in [-0.39, 0.29) is 0 Å². The smallest absolute Gasteiger partial charge is 0.161 e. The van der Waals surface area contributed by atoms with Crippen LogP contribution in [0.25, 0.3) is 11.4 Å². The molecular formula is C16H20N4O. The van der Waals surface area contributed by atoms with Gasteiger partial charge in [-0.15, -0.1) is 0 Å². The van der Waals surface area contributed by atoms with Crippen molar-refractivity contribution in [3.05, 3.63) is 36.0 Å². The van der Waals surface area contributed by atoms with Crippen molar-refractivity contribution in [3.63, 3.8) is 0 Å². The first-order valence-electron chi connectivity index (χ1n) is 7.22. The third-order valence-electron chi connectivity index (χ3n) is 3.61. The maximum absolute atomic E-state index is 5.28. The van der Waals surface area contributed by atoms with Crippen molar-refractivity contribution in [2.45, 2.75) is 6.92 Å². The van der Waals surface area contributed by atoms with Crippen molar-refractivity contribution in [1.29, 1.82) is 0 Å². The van der Waals surface area contributed by atoms with Gasteiger partial charge in [0.2, 0.25) is 0 Å². The second-order valence-corrected chi connectivity index (χ2v) is 5.16. The van der Waals surface area contributed by atoms with E-state index in [1.54, 1.807) is 7.11 Å². The second kappa shape index (κ2) is 6.10. The number of piperazine rings is 1. The Morgan fingerprint density at radius 1 is 1.14 bits per heavy atom. The summed E-state index contributed by atoms with van der Waals surface area (Å²) in [5, 5.41) is 3.36. The van der Waals surface area contributed by atoms with Gasteiger partial charge < -0.3 is 15.0 Å². The Balaban J connectivity index is 1.96. The molecule has 0 unspecified atom stereocenters. The fraction of sp³-hybridized carbons (Fsp3) is 0.375. The number of methoxy groups -OCH3 is 1. The highest BCUT2D eigenvalue weighted by molar-refractivity contribution is 5.60. The van der Waals surface area contributed by atoms with Crippen molar-refractivity contribution in [1.82, 2.24) is 15.3 Å². The van der Waals surface area contributed by atoms with E-state index in [0.717, 1.165) is 54.8 Å². The van der Waals surface area contributed by atoms with Gasteiger partial charge in [-0.25, -0.2) is 9.97 Å². The van der Waals surface area contributed by atoms with Gasteiger partial charge in [0, 0.05) is 43.5 Å². The fourth-order valence-electron chi connectivity index (χ4n) is 2.50. The molecule has 0 spiro atoms. The first kappa shape index (κ1) is 13.8. The van der Waals surface area contributed by atoms with Crippen molar-refractivity contribution in [3.8, 4) is 17.1 Å². The lowest BCUT2D eigenvalue weighted by Gasteiger charge is -2.28. The van der Waals surface area contributed by atoms with E-state index >= 15 is 0 Å². The van der Waals surface area contributed by atoms with E-state index in [1.807, 2.05) is 31.2 Å². The molecule has 1 N–H and O–H groups in total. The summed E-state index contributed by atoms with van der Waals surface area (Å²) in [4.78, 5) is 11.6. The number of aryl methyl sites for hydroxylation is 1. The summed E-state index contributed by atoms with van der Waals surface area (Å²) < 4.78 is 5.28. The van der Waals surface area contributed by atoms with Gasteiger partial charge in [-0.05, 0) is 19.1 Å². The first-order chi connectivity index (χ1) is 10.3. The van der Waals surface area contributed by atoms with Gasteiger partial charge in [-0.1, -0.05) is 12.1 Å². The Bertz CT molecular complexity index is 623. The summed E-state index contributed by atoms with van der Waals surface area (Å²) in [6.45, 7) is 5.97. The molecule has 0 radical (unpaired) electrons. The summed E-state index contributed by atoms with van der Waals surface area (Å²) in [5.74, 6) is 2.57. The van der Waals surface area contributed by atoms with E-state index in [4.69, 9.17) is 9.72 Å². The minimum Gasteiger partial charge on any atom is -0.497 e. The van der Waals surface area contributed by atoms with Crippen molar-refractivity contribution in [2.75, 3.05) is 38.2 Å². The minimum atomic E-state index is 0.752. The summed E-state index contributed by atoms with van der Waals surface area (Å²) in [5.41, 5.74) is 1.96. The summed E-state index contributed by atoms with van der Waals surface area (Å²) in [6, 6.07) is 9.92. The number of ether oxygens (including phenoxy) is 1. The highest BCUT2D eigenvalue weighted by Gasteiger charge is 2.14. The normalized spacial score (nSPS) is 15.0. The fourth-order valence-corrected chi connectivity index (χ4v) is 2.50.